The van der Waals surface area contributed by atoms with Crippen LogP contribution in [0.5, 0.6) is 5.75 Å². The van der Waals surface area contributed by atoms with E-state index in [0.717, 1.165) is 5.56 Å². The summed E-state index contributed by atoms with van der Waals surface area (Å²) in [5, 5.41) is 9.33. The van der Waals surface area contributed by atoms with E-state index in [1.165, 1.54) is 6.07 Å². The van der Waals surface area contributed by atoms with E-state index in [-0.39, 0.29) is 30.1 Å². The minimum atomic E-state index is -0.599. The average Bonchev–Trinajstić information content (AvgIpc) is 2.07. The molecular formula is C11H17ClFNO. The van der Waals surface area contributed by atoms with Crippen LogP contribution < -0.4 is 5.73 Å². The largest absolute Gasteiger partial charge is 0.505 e. The third-order valence-corrected chi connectivity index (χ3v) is 2.23. The monoisotopic (exact) mass is 233 g/mol. The van der Waals surface area contributed by atoms with Gasteiger partial charge in [-0.25, -0.2) is 4.39 Å². The molecular weight excluding hydrogens is 217 g/mol. The standard InChI is InChI=1S/C11H16FNO.ClH/c1-11(2,3)8-4-7(6-13)10(14)9(12)5-8;/h4-5,14H,6,13H2,1-3H3;1H. The lowest BCUT2D eigenvalue weighted by atomic mass is 9.86. The predicted molar refractivity (Wildman–Crippen MR) is 61.9 cm³/mol. The van der Waals surface area contributed by atoms with Crippen molar-refractivity contribution in [1.29, 1.82) is 0 Å². The number of phenolic OH excluding ortho intramolecular Hbond substituents is 1. The minimum Gasteiger partial charge on any atom is -0.505 e. The Bertz CT molecular complexity index is 347. The highest BCUT2D eigenvalue weighted by Gasteiger charge is 2.17. The highest BCUT2D eigenvalue weighted by atomic mass is 35.5. The van der Waals surface area contributed by atoms with Crippen molar-refractivity contribution in [3.05, 3.63) is 29.1 Å². The molecule has 0 heterocycles. The van der Waals surface area contributed by atoms with Crippen molar-refractivity contribution in [3.8, 4) is 5.75 Å². The normalized spacial score (nSPS) is 11.0. The molecule has 0 aliphatic heterocycles. The molecule has 0 aliphatic rings. The molecule has 0 atom stereocenters. The van der Waals surface area contributed by atoms with E-state index < -0.39 is 5.82 Å². The number of halogens is 2. The Morgan fingerprint density at radius 1 is 1.33 bits per heavy atom. The van der Waals surface area contributed by atoms with Crippen molar-refractivity contribution in [2.75, 3.05) is 0 Å². The number of nitrogens with two attached hydrogens (primary N) is 1. The maximum absolute atomic E-state index is 13.3. The molecule has 0 unspecified atom stereocenters. The van der Waals surface area contributed by atoms with E-state index in [1.807, 2.05) is 20.8 Å². The Labute approximate surface area is 95.7 Å². The number of benzene rings is 1. The SMILES string of the molecule is CC(C)(C)c1cc(F)c(O)c(CN)c1.Cl. The Morgan fingerprint density at radius 3 is 2.27 bits per heavy atom. The van der Waals surface area contributed by atoms with Crippen LogP contribution in [0.3, 0.4) is 0 Å². The molecule has 0 amide bonds. The first-order valence-corrected chi connectivity index (χ1v) is 4.58. The zero-order valence-corrected chi connectivity index (χ0v) is 9.99. The smallest absolute Gasteiger partial charge is 0.165 e. The highest BCUT2D eigenvalue weighted by Crippen LogP contribution is 2.29. The lowest BCUT2D eigenvalue weighted by molar-refractivity contribution is 0.423. The molecule has 0 bridgehead atoms. The fraction of sp³-hybridized carbons (Fsp3) is 0.455. The summed E-state index contributed by atoms with van der Waals surface area (Å²) < 4.78 is 13.3. The zero-order chi connectivity index (χ0) is 10.9. The molecule has 0 saturated heterocycles. The van der Waals surface area contributed by atoms with Gasteiger partial charge in [0.25, 0.3) is 0 Å². The first-order valence-electron chi connectivity index (χ1n) is 4.58. The van der Waals surface area contributed by atoms with E-state index in [1.54, 1.807) is 6.07 Å². The fourth-order valence-corrected chi connectivity index (χ4v) is 1.24. The lowest BCUT2D eigenvalue weighted by Gasteiger charge is -2.20. The molecule has 3 N–H and O–H groups in total. The molecule has 0 aromatic heterocycles. The molecule has 4 heteroatoms. The van der Waals surface area contributed by atoms with Crippen molar-refractivity contribution in [2.45, 2.75) is 32.7 Å². The molecule has 0 spiro atoms. The van der Waals surface area contributed by atoms with Crippen LogP contribution in [0.1, 0.15) is 31.9 Å². The molecule has 1 aromatic carbocycles. The number of hydrogen-bond acceptors (Lipinski definition) is 2. The topological polar surface area (TPSA) is 46.2 Å². The Balaban J connectivity index is 0.00000196. The van der Waals surface area contributed by atoms with Crippen LogP contribution in [0.2, 0.25) is 0 Å². The third kappa shape index (κ3) is 3.08. The molecule has 1 rings (SSSR count). The summed E-state index contributed by atoms with van der Waals surface area (Å²) in [6.45, 7) is 6.10. The van der Waals surface area contributed by atoms with Gasteiger partial charge in [-0.05, 0) is 17.0 Å². The first kappa shape index (κ1) is 14.2. The minimum absolute atomic E-state index is 0. The highest BCUT2D eigenvalue weighted by molar-refractivity contribution is 5.85. The van der Waals surface area contributed by atoms with Gasteiger partial charge >= 0.3 is 0 Å². The van der Waals surface area contributed by atoms with Crippen LogP contribution in [0.4, 0.5) is 4.39 Å². The van der Waals surface area contributed by atoms with Crippen LogP contribution >= 0.6 is 12.4 Å². The maximum atomic E-state index is 13.3. The lowest BCUT2D eigenvalue weighted by Crippen LogP contribution is -2.13. The predicted octanol–water partition coefficient (Wildman–Crippen LogP) is 2.71. The van der Waals surface area contributed by atoms with Gasteiger partial charge in [0.15, 0.2) is 11.6 Å². The first-order chi connectivity index (χ1) is 6.36. The molecule has 0 radical (unpaired) electrons. The van der Waals surface area contributed by atoms with Gasteiger partial charge in [-0.15, -0.1) is 12.4 Å². The second kappa shape index (κ2) is 4.81. The van der Waals surface area contributed by atoms with Crippen LogP contribution in [0, 0.1) is 5.82 Å². The molecule has 2 nitrogen and oxygen atoms in total. The van der Waals surface area contributed by atoms with Crippen LogP contribution in [-0.2, 0) is 12.0 Å². The van der Waals surface area contributed by atoms with E-state index in [4.69, 9.17) is 5.73 Å². The number of phenols is 1. The third-order valence-electron chi connectivity index (χ3n) is 2.23. The molecule has 86 valence electrons. The van der Waals surface area contributed by atoms with E-state index in [0.29, 0.717) is 5.56 Å². The molecule has 0 fully saturated rings. The number of hydrogen-bond donors (Lipinski definition) is 2. The van der Waals surface area contributed by atoms with Gasteiger partial charge in [0.1, 0.15) is 0 Å². The summed E-state index contributed by atoms with van der Waals surface area (Å²) in [4.78, 5) is 0. The summed E-state index contributed by atoms with van der Waals surface area (Å²) >= 11 is 0. The van der Waals surface area contributed by atoms with Gasteiger partial charge in [-0.2, -0.15) is 0 Å². The Hall–Kier alpha value is -0.800. The van der Waals surface area contributed by atoms with E-state index >= 15 is 0 Å². The quantitative estimate of drug-likeness (QED) is 0.784. The summed E-state index contributed by atoms with van der Waals surface area (Å²) in [5.74, 6) is -0.932. The van der Waals surface area contributed by atoms with E-state index in [9.17, 15) is 9.50 Å². The van der Waals surface area contributed by atoms with Crippen molar-refractivity contribution in [1.82, 2.24) is 0 Å². The van der Waals surface area contributed by atoms with Gasteiger partial charge in [0.05, 0.1) is 0 Å². The summed E-state index contributed by atoms with van der Waals surface area (Å²) in [6.07, 6.45) is 0. The average molecular weight is 234 g/mol. The van der Waals surface area contributed by atoms with Gasteiger partial charge < -0.3 is 10.8 Å². The van der Waals surface area contributed by atoms with Gasteiger partial charge in [-0.3, -0.25) is 0 Å². The summed E-state index contributed by atoms with van der Waals surface area (Å²) in [7, 11) is 0. The van der Waals surface area contributed by atoms with Crippen molar-refractivity contribution in [3.63, 3.8) is 0 Å². The van der Waals surface area contributed by atoms with Gasteiger partial charge in [-0.1, -0.05) is 26.8 Å². The second-order valence-electron chi connectivity index (χ2n) is 4.42. The zero-order valence-electron chi connectivity index (χ0n) is 9.17. The van der Waals surface area contributed by atoms with Crippen molar-refractivity contribution < 1.29 is 9.50 Å². The fourth-order valence-electron chi connectivity index (χ4n) is 1.24. The second-order valence-corrected chi connectivity index (χ2v) is 4.42. The Kier molecular flexibility index (Phi) is 4.56. The van der Waals surface area contributed by atoms with Crippen molar-refractivity contribution in [2.24, 2.45) is 5.73 Å². The molecule has 0 aliphatic carbocycles. The maximum Gasteiger partial charge on any atom is 0.165 e. The number of aromatic hydroxyl groups is 1. The van der Waals surface area contributed by atoms with E-state index in [2.05, 4.69) is 0 Å². The summed E-state index contributed by atoms with van der Waals surface area (Å²) in [5.41, 5.74) is 6.56. The molecule has 1 aromatic rings. The van der Waals surface area contributed by atoms with Crippen LogP contribution in [0.15, 0.2) is 12.1 Å². The Morgan fingerprint density at radius 2 is 1.87 bits per heavy atom. The van der Waals surface area contributed by atoms with Crippen molar-refractivity contribution >= 4 is 12.4 Å². The van der Waals surface area contributed by atoms with Gasteiger partial charge in [0.2, 0.25) is 0 Å². The number of rotatable bonds is 1. The molecule has 0 saturated carbocycles. The van der Waals surface area contributed by atoms with Crippen LogP contribution in [0.25, 0.3) is 0 Å². The molecule has 15 heavy (non-hydrogen) atoms. The van der Waals surface area contributed by atoms with Crippen LogP contribution in [-0.4, -0.2) is 5.11 Å². The van der Waals surface area contributed by atoms with Gasteiger partial charge in [0, 0.05) is 12.1 Å². The summed E-state index contributed by atoms with van der Waals surface area (Å²) in [6, 6.07) is 3.10.